The predicted octanol–water partition coefficient (Wildman–Crippen LogP) is 5.46. The van der Waals surface area contributed by atoms with Crippen LogP contribution < -0.4 is 4.74 Å². The first-order valence-corrected chi connectivity index (χ1v) is 11.5. The van der Waals surface area contributed by atoms with E-state index in [4.69, 9.17) is 9.47 Å². The van der Waals surface area contributed by atoms with Gasteiger partial charge in [-0.25, -0.2) is 4.39 Å². The number of nitroso groups, excluding NO2 is 1. The van der Waals surface area contributed by atoms with Crippen LogP contribution in [0, 0.1) is 10.7 Å². The lowest BCUT2D eigenvalue weighted by molar-refractivity contribution is -0.0173. The Hall–Kier alpha value is -4.24. The molecule has 9 heteroatoms. The first kappa shape index (κ1) is 23.5. The van der Waals surface area contributed by atoms with Gasteiger partial charge >= 0.3 is 0 Å². The summed E-state index contributed by atoms with van der Waals surface area (Å²) in [5.41, 5.74) is 2.69. The van der Waals surface area contributed by atoms with Crippen LogP contribution in [0.3, 0.4) is 0 Å². The molecule has 0 bridgehead atoms. The van der Waals surface area contributed by atoms with Gasteiger partial charge in [-0.2, -0.15) is 0 Å². The van der Waals surface area contributed by atoms with Crippen molar-refractivity contribution in [1.82, 2.24) is 9.47 Å². The third-order valence-corrected chi connectivity index (χ3v) is 6.31. The van der Waals surface area contributed by atoms with Gasteiger partial charge in [0.2, 0.25) is 5.88 Å². The molecule has 1 aliphatic heterocycles. The van der Waals surface area contributed by atoms with E-state index < -0.39 is 5.82 Å². The minimum absolute atomic E-state index is 0.00288. The molecule has 2 heterocycles. The number of aromatic hydroxyl groups is 1. The van der Waals surface area contributed by atoms with Crippen molar-refractivity contribution in [3.8, 4) is 11.6 Å². The summed E-state index contributed by atoms with van der Waals surface area (Å²) in [6.07, 6.45) is 0. The quantitative estimate of drug-likeness (QED) is 0.348. The Balaban J connectivity index is 1.55. The lowest BCUT2D eigenvalue weighted by Gasteiger charge is -2.22. The second kappa shape index (κ2) is 9.79. The molecule has 36 heavy (non-hydrogen) atoms. The molecule has 0 atom stereocenters. The molecule has 0 saturated carbocycles. The minimum Gasteiger partial charge on any atom is -0.493 e. The summed E-state index contributed by atoms with van der Waals surface area (Å²) < 4.78 is 26.6. The first-order valence-electron chi connectivity index (χ1n) is 11.5. The van der Waals surface area contributed by atoms with Gasteiger partial charge in [0.05, 0.1) is 18.7 Å². The molecule has 1 aromatic heterocycles. The number of halogens is 1. The fourth-order valence-corrected chi connectivity index (χ4v) is 4.56. The number of carbonyl (C=O) groups is 1. The van der Waals surface area contributed by atoms with Crippen molar-refractivity contribution < 1.29 is 23.8 Å². The van der Waals surface area contributed by atoms with Crippen LogP contribution in [0.15, 0.2) is 65.8 Å². The van der Waals surface area contributed by atoms with E-state index in [1.165, 1.54) is 16.7 Å². The average molecular weight is 490 g/mol. The van der Waals surface area contributed by atoms with Crippen LogP contribution in [0.2, 0.25) is 0 Å². The molecule has 0 fully saturated rings. The van der Waals surface area contributed by atoms with Crippen LogP contribution in [0.25, 0.3) is 10.9 Å². The average Bonchev–Trinajstić information content (AvgIpc) is 3.17. The van der Waals surface area contributed by atoms with Gasteiger partial charge in [-0.15, -0.1) is 4.91 Å². The highest BCUT2D eigenvalue weighted by molar-refractivity contribution is 6.02. The van der Waals surface area contributed by atoms with Crippen molar-refractivity contribution in [2.45, 2.75) is 26.6 Å². The van der Waals surface area contributed by atoms with Crippen molar-refractivity contribution in [2.24, 2.45) is 5.18 Å². The van der Waals surface area contributed by atoms with Gasteiger partial charge in [-0.3, -0.25) is 4.79 Å². The van der Waals surface area contributed by atoms with Gasteiger partial charge in [0.15, 0.2) is 12.5 Å². The second-order valence-electron chi connectivity index (χ2n) is 8.55. The molecule has 3 aromatic carbocycles. The zero-order valence-electron chi connectivity index (χ0n) is 19.6. The summed E-state index contributed by atoms with van der Waals surface area (Å²) in [5, 5.41) is 14.2. The van der Waals surface area contributed by atoms with E-state index in [1.807, 2.05) is 37.3 Å². The Bertz CT molecular complexity index is 1450. The number of hydrogen-bond donors (Lipinski definition) is 1. The summed E-state index contributed by atoms with van der Waals surface area (Å²) >= 11 is 0. The summed E-state index contributed by atoms with van der Waals surface area (Å²) in [7, 11) is 0. The predicted molar refractivity (Wildman–Crippen MR) is 132 cm³/mol. The van der Waals surface area contributed by atoms with Crippen molar-refractivity contribution in [2.75, 3.05) is 13.3 Å². The number of amides is 1. The molecule has 0 aliphatic carbocycles. The Morgan fingerprint density at radius 3 is 2.72 bits per heavy atom. The number of nitrogens with zero attached hydrogens (tertiary/aromatic N) is 3. The van der Waals surface area contributed by atoms with E-state index in [0.717, 1.165) is 5.56 Å². The fraction of sp³-hybridized carbons (Fsp3) is 0.222. The van der Waals surface area contributed by atoms with E-state index in [2.05, 4.69) is 5.18 Å². The van der Waals surface area contributed by atoms with Gasteiger partial charge in [0, 0.05) is 35.2 Å². The van der Waals surface area contributed by atoms with Crippen molar-refractivity contribution in [1.29, 1.82) is 0 Å². The van der Waals surface area contributed by atoms with Crippen LogP contribution in [0.1, 0.15) is 34.0 Å². The van der Waals surface area contributed by atoms with Crippen LogP contribution in [-0.4, -0.2) is 33.8 Å². The molecule has 0 radical (unpaired) electrons. The lowest BCUT2D eigenvalue weighted by Crippen LogP contribution is -2.30. The lowest BCUT2D eigenvalue weighted by atomic mass is 10.1. The number of rotatable bonds is 7. The third-order valence-electron chi connectivity index (χ3n) is 6.31. The Kier molecular flexibility index (Phi) is 6.39. The minimum atomic E-state index is -0.474. The van der Waals surface area contributed by atoms with E-state index in [1.54, 1.807) is 23.1 Å². The zero-order valence-corrected chi connectivity index (χ0v) is 19.6. The van der Waals surface area contributed by atoms with Crippen molar-refractivity contribution in [3.05, 3.63) is 93.6 Å². The van der Waals surface area contributed by atoms with Crippen molar-refractivity contribution in [3.63, 3.8) is 0 Å². The maximum Gasteiger partial charge on any atom is 0.254 e. The maximum atomic E-state index is 14.3. The summed E-state index contributed by atoms with van der Waals surface area (Å²) in [6.45, 7) is 3.06. The second-order valence-corrected chi connectivity index (χ2v) is 8.55. The van der Waals surface area contributed by atoms with E-state index in [9.17, 15) is 19.2 Å². The highest BCUT2D eigenvalue weighted by Gasteiger charge is 2.24. The first-order chi connectivity index (χ1) is 17.5. The van der Waals surface area contributed by atoms with Gasteiger partial charge in [-0.1, -0.05) is 30.3 Å². The topological polar surface area (TPSA) is 93.4 Å². The zero-order chi connectivity index (χ0) is 25.2. The van der Waals surface area contributed by atoms with E-state index >= 15 is 0 Å². The molecule has 8 nitrogen and oxygen atoms in total. The molecule has 0 saturated heterocycles. The molecule has 1 aliphatic rings. The maximum absolute atomic E-state index is 14.3. The molecule has 5 rings (SSSR count). The van der Waals surface area contributed by atoms with E-state index in [0.29, 0.717) is 46.4 Å². The molecular weight excluding hydrogens is 465 g/mol. The number of benzene rings is 3. The number of fused-ring (bicyclic) bond motifs is 2. The normalized spacial score (nSPS) is 12.7. The Labute approximate surface area is 206 Å². The molecule has 184 valence electrons. The smallest absolute Gasteiger partial charge is 0.254 e. The molecular formula is C27H24FN3O5. The summed E-state index contributed by atoms with van der Waals surface area (Å²) in [4.78, 5) is 26.7. The largest absolute Gasteiger partial charge is 0.493 e. The molecule has 1 N–H and O–H groups in total. The van der Waals surface area contributed by atoms with Gasteiger partial charge in [0.25, 0.3) is 5.91 Å². The highest BCUT2D eigenvalue weighted by atomic mass is 19.1. The van der Waals surface area contributed by atoms with Crippen LogP contribution in [0.4, 0.5) is 10.1 Å². The molecule has 0 unspecified atom stereocenters. The van der Waals surface area contributed by atoms with Crippen molar-refractivity contribution >= 4 is 22.5 Å². The number of aromatic nitrogens is 1. The Morgan fingerprint density at radius 1 is 1.17 bits per heavy atom. The number of hydrogen-bond acceptors (Lipinski definition) is 6. The molecule has 1 amide bonds. The number of ether oxygens (including phenoxy) is 2. The van der Waals surface area contributed by atoms with E-state index in [-0.39, 0.29) is 37.4 Å². The van der Waals surface area contributed by atoms with Crippen LogP contribution >= 0.6 is 0 Å². The van der Waals surface area contributed by atoms with Crippen LogP contribution in [0.5, 0.6) is 11.6 Å². The third kappa shape index (κ3) is 4.29. The summed E-state index contributed by atoms with van der Waals surface area (Å²) in [6, 6.07) is 17.2. The highest BCUT2D eigenvalue weighted by Crippen LogP contribution is 2.41. The Morgan fingerprint density at radius 2 is 1.97 bits per heavy atom. The van der Waals surface area contributed by atoms with Gasteiger partial charge in [-0.05, 0) is 48.0 Å². The molecule has 0 spiro atoms. The fourth-order valence-electron chi connectivity index (χ4n) is 4.56. The monoisotopic (exact) mass is 489 g/mol. The summed E-state index contributed by atoms with van der Waals surface area (Å²) in [5.74, 6) is -0.569. The SMILES string of the molecule is CCN(Cc1ccccc1)C(=O)c1ccc2c(N=O)c(O)n(Cc3cc(F)cc4c3OCOC4)c2c1. The van der Waals surface area contributed by atoms with Crippen LogP contribution in [-0.2, 0) is 24.4 Å². The molecule has 4 aromatic rings. The van der Waals surface area contributed by atoms with Gasteiger partial charge in [0.1, 0.15) is 11.6 Å². The number of carbonyl (C=O) groups excluding carboxylic acids is 1. The van der Waals surface area contributed by atoms with Gasteiger partial charge < -0.3 is 24.0 Å². The standard InChI is InChI=1S/C27H24FN3O5/c1-2-30(13-17-6-4-3-5-7-17)26(32)18-8-9-22-23(12-18)31(27(33)24(22)29-34)14-19-10-21(28)11-20-15-35-16-36-25(19)20/h3-12,33H,2,13-16H2,1H3.